The van der Waals surface area contributed by atoms with Crippen molar-refractivity contribution in [1.29, 1.82) is 5.26 Å². The average Bonchev–Trinajstić information content (AvgIpc) is 3.01. The van der Waals surface area contributed by atoms with Gasteiger partial charge in [0.05, 0.1) is 11.6 Å². The van der Waals surface area contributed by atoms with Gasteiger partial charge < -0.3 is 14.2 Å². The molecule has 0 radical (unpaired) electrons. The first-order chi connectivity index (χ1) is 11.3. The maximum atomic E-state index is 8.81. The van der Waals surface area contributed by atoms with Crippen molar-refractivity contribution in [3.05, 3.63) is 53.6 Å². The van der Waals surface area contributed by atoms with Crippen molar-refractivity contribution in [1.82, 2.24) is 4.90 Å². The molecule has 0 spiro atoms. The molecule has 0 N–H and O–H groups in total. The Morgan fingerprint density at radius 1 is 1.09 bits per heavy atom. The first kappa shape index (κ1) is 13.9. The van der Waals surface area contributed by atoms with E-state index in [0.29, 0.717) is 5.56 Å². The fourth-order valence-electron chi connectivity index (χ4n) is 2.81. The fourth-order valence-corrected chi connectivity index (χ4v) is 2.81. The zero-order valence-electron chi connectivity index (χ0n) is 12.6. The molecule has 0 aromatic heterocycles. The summed E-state index contributed by atoms with van der Waals surface area (Å²) < 4.78 is 16.6. The monoisotopic (exact) mass is 308 g/mol. The van der Waals surface area contributed by atoms with Crippen LogP contribution in [0.3, 0.4) is 0 Å². The lowest BCUT2D eigenvalue weighted by atomic mass is 10.1. The molecule has 2 aliphatic heterocycles. The lowest BCUT2D eigenvalue weighted by Crippen LogP contribution is -2.53. The second-order valence-electron chi connectivity index (χ2n) is 5.76. The Balaban J connectivity index is 1.29. The Bertz CT molecular complexity index is 746. The normalized spacial score (nSPS) is 16.7. The van der Waals surface area contributed by atoms with Gasteiger partial charge in [-0.3, -0.25) is 4.90 Å². The topological polar surface area (TPSA) is 54.7 Å². The van der Waals surface area contributed by atoms with Gasteiger partial charge in [0.2, 0.25) is 6.79 Å². The summed E-state index contributed by atoms with van der Waals surface area (Å²) in [6, 6.07) is 15.5. The number of likely N-dealkylation sites (tertiary alicyclic amines) is 1. The molecule has 0 atom stereocenters. The highest BCUT2D eigenvalue weighted by molar-refractivity contribution is 5.47. The second kappa shape index (κ2) is 5.82. The van der Waals surface area contributed by atoms with Crippen LogP contribution in [-0.4, -0.2) is 30.9 Å². The number of benzene rings is 2. The van der Waals surface area contributed by atoms with Gasteiger partial charge in [0.25, 0.3) is 0 Å². The number of rotatable bonds is 4. The molecule has 5 heteroatoms. The minimum atomic E-state index is 0.203. The van der Waals surface area contributed by atoms with Crippen LogP contribution in [0.2, 0.25) is 0 Å². The number of hydrogen-bond acceptors (Lipinski definition) is 5. The zero-order valence-corrected chi connectivity index (χ0v) is 12.6. The molecule has 2 aliphatic rings. The van der Waals surface area contributed by atoms with E-state index in [1.165, 1.54) is 5.56 Å². The van der Waals surface area contributed by atoms with Gasteiger partial charge in [-0.15, -0.1) is 0 Å². The molecule has 0 amide bonds. The summed E-state index contributed by atoms with van der Waals surface area (Å²) in [6.07, 6.45) is 0.203. The van der Waals surface area contributed by atoms with Crippen molar-refractivity contribution in [2.24, 2.45) is 0 Å². The van der Waals surface area contributed by atoms with Gasteiger partial charge in [0.1, 0.15) is 11.9 Å². The van der Waals surface area contributed by atoms with Crippen molar-refractivity contribution in [3.63, 3.8) is 0 Å². The molecule has 1 fully saturated rings. The van der Waals surface area contributed by atoms with Gasteiger partial charge >= 0.3 is 0 Å². The molecule has 0 aliphatic carbocycles. The van der Waals surface area contributed by atoms with E-state index in [1.54, 1.807) is 0 Å². The van der Waals surface area contributed by atoms with Crippen LogP contribution in [0.1, 0.15) is 11.1 Å². The number of fused-ring (bicyclic) bond motifs is 1. The Hall–Kier alpha value is -2.71. The number of hydrogen-bond donors (Lipinski definition) is 0. The van der Waals surface area contributed by atoms with E-state index in [1.807, 2.05) is 42.5 Å². The van der Waals surface area contributed by atoms with Crippen molar-refractivity contribution in [2.45, 2.75) is 12.6 Å². The SMILES string of the molecule is N#Cc1ccc(CN2CC(Oc3ccc4c(c3)OCO4)C2)cc1. The fraction of sp³-hybridized carbons (Fsp3) is 0.278. The predicted molar refractivity (Wildman–Crippen MR) is 83.4 cm³/mol. The van der Waals surface area contributed by atoms with Gasteiger partial charge in [-0.2, -0.15) is 5.26 Å². The molecule has 0 bridgehead atoms. The summed E-state index contributed by atoms with van der Waals surface area (Å²) in [7, 11) is 0. The first-order valence-electron chi connectivity index (χ1n) is 7.58. The van der Waals surface area contributed by atoms with Gasteiger partial charge in [0, 0.05) is 25.7 Å². The van der Waals surface area contributed by atoms with Crippen molar-refractivity contribution in [2.75, 3.05) is 19.9 Å². The second-order valence-corrected chi connectivity index (χ2v) is 5.76. The molecule has 23 heavy (non-hydrogen) atoms. The maximum Gasteiger partial charge on any atom is 0.231 e. The molecule has 2 aromatic rings. The van der Waals surface area contributed by atoms with Crippen molar-refractivity contribution >= 4 is 0 Å². The largest absolute Gasteiger partial charge is 0.488 e. The van der Waals surface area contributed by atoms with E-state index in [4.69, 9.17) is 19.5 Å². The van der Waals surface area contributed by atoms with Gasteiger partial charge in [-0.25, -0.2) is 0 Å². The van der Waals surface area contributed by atoms with E-state index in [2.05, 4.69) is 11.0 Å². The lowest BCUT2D eigenvalue weighted by molar-refractivity contribution is 0.0145. The highest BCUT2D eigenvalue weighted by atomic mass is 16.7. The van der Waals surface area contributed by atoms with E-state index >= 15 is 0 Å². The number of nitrogens with zero attached hydrogens (tertiary/aromatic N) is 2. The third kappa shape index (κ3) is 2.94. The Morgan fingerprint density at radius 3 is 2.65 bits per heavy atom. The van der Waals surface area contributed by atoms with Crippen LogP contribution in [0.15, 0.2) is 42.5 Å². The van der Waals surface area contributed by atoms with E-state index in [-0.39, 0.29) is 12.9 Å². The summed E-state index contributed by atoms with van der Waals surface area (Å²) in [5.41, 5.74) is 1.91. The Kier molecular flexibility index (Phi) is 3.52. The molecule has 2 aromatic carbocycles. The Morgan fingerprint density at radius 2 is 1.87 bits per heavy atom. The van der Waals surface area contributed by atoms with E-state index in [9.17, 15) is 0 Å². The summed E-state index contributed by atoms with van der Waals surface area (Å²) in [5.74, 6) is 2.34. The number of ether oxygens (including phenoxy) is 3. The van der Waals surface area contributed by atoms with Crippen LogP contribution in [-0.2, 0) is 6.54 Å². The Labute approximate surface area is 134 Å². The zero-order chi connectivity index (χ0) is 15.6. The molecule has 0 unspecified atom stereocenters. The quantitative estimate of drug-likeness (QED) is 0.869. The van der Waals surface area contributed by atoms with Gasteiger partial charge in [-0.05, 0) is 29.8 Å². The minimum absolute atomic E-state index is 0.203. The van der Waals surface area contributed by atoms with Crippen molar-refractivity contribution in [3.8, 4) is 23.3 Å². The smallest absolute Gasteiger partial charge is 0.231 e. The predicted octanol–water partition coefficient (Wildman–Crippen LogP) is 2.55. The lowest BCUT2D eigenvalue weighted by Gasteiger charge is -2.39. The van der Waals surface area contributed by atoms with Crippen LogP contribution < -0.4 is 14.2 Å². The maximum absolute atomic E-state index is 8.81. The molecular weight excluding hydrogens is 292 g/mol. The third-order valence-electron chi connectivity index (χ3n) is 4.06. The average molecular weight is 308 g/mol. The van der Waals surface area contributed by atoms with E-state index in [0.717, 1.165) is 36.9 Å². The van der Waals surface area contributed by atoms with E-state index < -0.39 is 0 Å². The molecule has 116 valence electrons. The van der Waals surface area contributed by atoms with Gasteiger partial charge in [-0.1, -0.05) is 12.1 Å². The highest BCUT2D eigenvalue weighted by Gasteiger charge is 2.28. The molecule has 5 nitrogen and oxygen atoms in total. The third-order valence-corrected chi connectivity index (χ3v) is 4.06. The standard InChI is InChI=1S/C18H16N2O3/c19-8-13-1-3-14(4-2-13)9-20-10-16(11-20)23-15-5-6-17-18(7-15)22-12-21-17/h1-7,16H,9-12H2. The van der Waals surface area contributed by atoms with Crippen LogP contribution in [0, 0.1) is 11.3 Å². The summed E-state index contributed by atoms with van der Waals surface area (Å²) >= 11 is 0. The molecule has 1 saturated heterocycles. The van der Waals surface area contributed by atoms with Gasteiger partial charge in [0.15, 0.2) is 11.5 Å². The molecule has 0 saturated carbocycles. The minimum Gasteiger partial charge on any atom is -0.488 e. The highest BCUT2D eigenvalue weighted by Crippen LogP contribution is 2.35. The van der Waals surface area contributed by atoms with Crippen LogP contribution >= 0.6 is 0 Å². The van der Waals surface area contributed by atoms with Crippen LogP contribution in [0.25, 0.3) is 0 Å². The van der Waals surface area contributed by atoms with Crippen LogP contribution in [0.4, 0.5) is 0 Å². The number of nitriles is 1. The molecule has 4 rings (SSSR count). The first-order valence-corrected chi connectivity index (χ1v) is 7.58. The van der Waals surface area contributed by atoms with Crippen LogP contribution in [0.5, 0.6) is 17.2 Å². The summed E-state index contributed by atoms with van der Waals surface area (Å²) in [4.78, 5) is 2.32. The van der Waals surface area contributed by atoms with Crippen molar-refractivity contribution < 1.29 is 14.2 Å². The summed E-state index contributed by atoms with van der Waals surface area (Å²) in [5, 5.41) is 8.81. The molecular formula is C18H16N2O3. The molecule has 2 heterocycles. The summed E-state index contributed by atoms with van der Waals surface area (Å²) in [6.45, 7) is 2.95.